The number of nitro groups is 1. The molecule has 0 unspecified atom stereocenters. The number of rotatable bonds is 4. The number of hydrogen-bond donors (Lipinski definition) is 0. The first-order chi connectivity index (χ1) is 15.5. The molecule has 8 nitrogen and oxygen atoms in total. The maximum Gasteiger partial charge on any atom is 0.271 e. The van der Waals surface area contributed by atoms with Gasteiger partial charge in [-0.1, -0.05) is 52.3 Å². The third-order valence-corrected chi connectivity index (χ3v) is 6.17. The lowest BCUT2D eigenvalue weighted by Crippen LogP contribution is -2.37. The Labute approximate surface area is 191 Å². The van der Waals surface area contributed by atoms with E-state index in [1.54, 1.807) is 36.4 Å². The van der Waals surface area contributed by atoms with Crippen molar-refractivity contribution in [2.75, 3.05) is 9.96 Å². The molecule has 2 amide bonds. The Morgan fingerprint density at radius 1 is 0.875 bits per heavy atom. The SMILES string of the molecule is O=C1[C@@H]2[C@@H](c3ccccc3)N(c3cccc([N+](=O)[O-])c3)O[C@H]2C(=O)N1c1ccc(Br)cc1. The second-order valence-electron chi connectivity index (χ2n) is 7.50. The molecule has 0 aliphatic carbocycles. The van der Waals surface area contributed by atoms with Crippen LogP contribution < -0.4 is 9.96 Å². The zero-order valence-electron chi connectivity index (χ0n) is 16.5. The number of carbonyl (C=O) groups is 2. The van der Waals surface area contributed by atoms with Gasteiger partial charge in [0.25, 0.3) is 11.6 Å². The number of fused-ring (bicyclic) bond motifs is 1. The lowest BCUT2D eigenvalue weighted by molar-refractivity contribution is -0.384. The zero-order chi connectivity index (χ0) is 22.4. The summed E-state index contributed by atoms with van der Waals surface area (Å²) < 4.78 is 0.829. The van der Waals surface area contributed by atoms with Crippen molar-refractivity contribution < 1.29 is 19.3 Å². The fourth-order valence-electron chi connectivity index (χ4n) is 4.22. The first kappa shape index (κ1) is 20.3. The molecule has 0 N–H and O–H groups in total. The summed E-state index contributed by atoms with van der Waals surface area (Å²) in [6.45, 7) is 0. The Hall–Kier alpha value is -3.56. The fraction of sp³-hybridized carbons (Fsp3) is 0.130. The highest BCUT2D eigenvalue weighted by Gasteiger charge is 2.60. The molecule has 0 bridgehead atoms. The van der Waals surface area contributed by atoms with Gasteiger partial charge >= 0.3 is 0 Å². The minimum atomic E-state index is -1.03. The van der Waals surface area contributed by atoms with E-state index in [9.17, 15) is 19.7 Å². The van der Waals surface area contributed by atoms with Crippen LogP contribution in [0.3, 0.4) is 0 Å². The summed E-state index contributed by atoms with van der Waals surface area (Å²) in [7, 11) is 0. The van der Waals surface area contributed by atoms with Crippen molar-refractivity contribution in [3.05, 3.63) is 99.0 Å². The summed E-state index contributed by atoms with van der Waals surface area (Å²) >= 11 is 3.36. The quantitative estimate of drug-likeness (QED) is 0.303. The van der Waals surface area contributed by atoms with Gasteiger partial charge in [-0.25, -0.2) is 9.96 Å². The van der Waals surface area contributed by atoms with Crippen molar-refractivity contribution in [2.24, 2.45) is 5.92 Å². The molecule has 2 heterocycles. The number of amides is 2. The maximum absolute atomic E-state index is 13.5. The monoisotopic (exact) mass is 493 g/mol. The molecule has 5 rings (SSSR count). The van der Waals surface area contributed by atoms with Crippen molar-refractivity contribution in [3.63, 3.8) is 0 Å². The highest BCUT2D eigenvalue weighted by atomic mass is 79.9. The second kappa shape index (κ2) is 7.85. The van der Waals surface area contributed by atoms with Gasteiger partial charge in [0.05, 0.1) is 22.3 Å². The first-order valence-electron chi connectivity index (χ1n) is 9.84. The van der Waals surface area contributed by atoms with Crippen LogP contribution in [0.5, 0.6) is 0 Å². The summed E-state index contributed by atoms with van der Waals surface area (Å²) in [6.07, 6.45) is -1.03. The van der Waals surface area contributed by atoms with Gasteiger partial charge in [0, 0.05) is 16.6 Å². The van der Waals surface area contributed by atoms with Gasteiger partial charge in [-0.3, -0.25) is 24.5 Å². The van der Waals surface area contributed by atoms with Crippen LogP contribution in [0, 0.1) is 16.0 Å². The molecule has 2 saturated heterocycles. The van der Waals surface area contributed by atoms with Crippen molar-refractivity contribution in [1.29, 1.82) is 0 Å². The number of benzene rings is 3. The third kappa shape index (κ3) is 3.26. The summed E-state index contributed by atoms with van der Waals surface area (Å²) in [6, 6.07) is 21.4. The number of nitrogens with zero attached hydrogens (tertiary/aromatic N) is 3. The van der Waals surface area contributed by atoms with E-state index in [4.69, 9.17) is 4.84 Å². The molecule has 3 aromatic rings. The van der Waals surface area contributed by atoms with Crippen molar-refractivity contribution in [3.8, 4) is 0 Å². The van der Waals surface area contributed by atoms with Gasteiger partial charge in [0.2, 0.25) is 5.91 Å². The zero-order valence-corrected chi connectivity index (χ0v) is 18.1. The van der Waals surface area contributed by atoms with Gasteiger partial charge < -0.3 is 0 Å². The first-order valence-corrected chi connectivity index (χ1v) is 10.6. The van der Waals surface area contributed by atoms with E-state index in [1.807, 2.05) is 30.3 Å². The van der Waals surface area contributed by atoms with Crippen LogP contribution >= 0.6 is 15.9 Å². The van der Waals surface area contributed by atoms with Crippen molar-refractivity contribution in [2.45, 2.75) is 12.1 Å². The van der Waals surface area contributed by atoms with Crippen molar-refractivity contribution in [1.82, 2.24) is 0 Å². The number of non-ortho nitro benzene ring substituents is 1. The van der Waals surface area contributed by atoms with Crippen LogP contribution in [0.4, 0.5) is 17.1 Å². The highest BCUT2D eigenvalue weighted by Crippen LogP contribution is 2.47. The van der Waals surface area contributed by atoms with Gasteiger partial charge in [-0.05, 0) is 35.9 Å². The van der Waals surface area contributed by atoms with Crippen molar-refractivity contribution >= 4 is 44.8 Å². The third-order valence-electron chi connectivity index (χ3n) is 5.64. The minimum absolute atomic E-state index is 0.107. The van der Waals surface area contributed by atoms with E-state index in [0.29, 0.717) is 11.4 Å². The summed E-state index contributed by atoms with van der Waals surface area (Å²) in [5.41, 5.74) is 1.53. The normalized spacial score (nSPS) is 22.3. The predicted octanol–water partition coefficient (Wildman–Crippen LogP) is 4.41. The number of hydrogen-bond acceptors (Lipinski definition) is 6. The van der Waals surface area contributed by atoms with E-state index in [-0.39, 0.29) is 11.6 Å². The Kier molecular flexibility index (Phi) is 4.99. The topological polar surface area (TPSA) is 93.0 Å². The van der Waals surface area contributed by atoms with E-state index in [2.05, 4.69) is 15.9 Å². The van der Waals surface area contributed by atoms with Crippen LogP contribution in [-0.4, -0.2) is 22.8 Å². The number of imide groups is 1. The van der Waals surface area contributed by atoms with Crippen LogP contribution in [0.25, 0.3) is 0 Å². The van der Waals surface area contributed by atoms with Crippen LogP contribution in [0.2, 0.25) is 0 Å². The molecule has 2 aliphatic rings. The second-order valence-corrected chi connectivity index (χ2v) is 8.41. The molecule has 2 aliphatic heterocycles. The largest absolute Gasteiger partial charge is 0.273 e. The Morgan fingerprint density at radius 2 is 1.59 bits per heavy atom. The number of nitro benzene ring substituents is 1. The molecule has 0 spiro atoms. The highest BCUT2D eigenvalue weighted by molar-refractivity contribution is 9.10. The smallest absolute Gasteiger partial charge is 0.271 e. The molecule has 3 atom stereocenters. The average Bonchev–Trinajstić information content (AvgIpc) is 3.31. The molecule has 0 aromatic heterocycles. The van der Waals surface area contributed by atoms with E-state index in [0.717, 1.165) is 14.9 Å². The fourth-order valence-corrected chi connectivity index (χ4v) is 4.48. The van der Waals surface area contributed by atoms with E-state index >= 15 is 0 Å². The van der Waals surface area contributed by atoms with Gasteiger partial charge in [0.1, 0.15) is 5.92 Å². The van der Waals surface area contributed by atoms with Crippen LogP contribution in [0.15, 0.2) is 83.3 Å². The number of anilines is 2. The van der Waals surface area contributed by atoms with E-state index < -0.39 is 28.9 Å². The molecular weight excluding hydrogens is 478 g/mol. The number of hydroxylamine groups is 1. The van der Waals surface area contributed by atoms with Gasteiger partial charge in [-0.2, -0.15) is 0 Å². The Bertz CT molecular complexity index is 1220. The molecular formula is C23H16BrN3O5. The average molecular weight is 494 g/mol. The molecule has 160 valence electrons. The standard InChI is InChI=1S/C23H16BrN3O5/c24-15-9-11-16(12-10-15)25-22(28)19-20(14-5-2-1-3-6-14)26(32-21(19)23(25)29)17-7-4-8-18(13-17)27(30)31/h1-13,19-21H/t19-,20-,21-/m1/s1. The van der Waals surface area contributed by atoms with Crippen LogP contribution in [-0.2, 0) is 14.4 Å². The van der Waals surface area contributed by atoms with E-state index in [1.165, 1.54) is 17.2 Å². The maximum atomic E-state index is 13.5. The molecule has 2 fully saturated rings. The lowest BCUT2D eigenvalue weighted by atomic mass is 9.90. The predicted molar refractivity (Wildman–Crippen MR) is 120 cm³/mol. The molecule has 3 aromatic carbocycles. The molecule has 0 radical (unpaired) electrons. The Balaban J connectivity index is 1.58. The minimum Gasteiger partial charge on any atom is -0.273 e. The number of halogens is 1. The summed E-state index contributed by atoms with van der Waals surface area (Å²) in [5.74, 6) is -1.63. The van der Waals surface area contributed by atoms with Gasteiger partial charge in [-0.15, -0.1) is 0 Å². The molecule has 32 heavy (non-hydrogen) atoms. The van der Waals surface area contributed by atoms with Gasteiger partial charge in [0.15, 0.2) is 6.10 Å². The lowest BCUT2D eigenvalue weighted by Gasteiger charge is -2.28. The van der Waals surface area contributed by atoms with Crippen LogP contribution in [0.1, 0.15) is 11.6 Å². The molecule has 0 saturated carbocycles. The molecule has 9 heteroatoms. The summed E-state index contributed by atoms with van der Waals surface area (Å²) in [4.78, 5) is 44.7. The summed E-state index contributed by atoms with van der Waals surface area (Å²) in [5, 5.41) is 12.7. The Morgan fingerprint density at radius 3 is 2.28 bits per heavy atom. The number of carbonyl (C=O) groups excluding carboxylic acids is 2.